The Hall–Kier alpha value is -1.11. The van der Waals surface area contributed by atoms with Crippen molar-refractivity contribution < 1.29 is 18.3 Å². The molecule has 1 aliphatic heterocycles. The number of ether oxygens (including phenoxy) is 1. The molecule has 2 atom stereocenters. The number of sulfonamides is 1. The Morgan fingerprint density at radius 1 is 1.35 bits per heavy atom. The van der Waals surface area contributed by atoms with Crippen molar-refractivity contribution in [2.24, 2.45) is 0 Å². The van der Waals surface area contributed by atoms with Gasteiger partial charge in [-0.05, 0) is 26.8 Å². The normalized spacial score (nSPS) is 25.1. The fourth-order valence-electron chi connectivity index (χ4n) is 2.48. The van der Waals surface area contributed by atoms with Gasteiger partial charge in [-0.1, -0.05) is 18.2 Å². The average molecular weight is 299 g/mol. The van der Waals surface area contributed by atoms with Crippen molar-refractivity contribution >= 4 is 10.0 Å². The van der Waals surface area contributed by atoms with Gasteiger partial charge in [0.2, 0.25) is 10.0 Å². The molecule has 0 bridgehead atoms. The molecule has 2 rings (SSSR count). The van der Waals surface area contributed by atoms with Crippen LogP contribution in [0.15, 0.2) is 24.3 Å². The smallest absolute Gasteiger partial charge is 0.214 e. The molecule has 1 aromatic rings. The number of aliphatic hydroxyl groups excluding tert-OH is 1. The predicted molar refractivity (Wildman–Crippen MR) is 77.1 cm³/mol. The third-order valence-electron chi connectivity index (χ3n) is 3.82. The van der Waals surface area contributed by atoms with Crippen molar-refractivity contribution in [3.8, 4) is 5.75 Å². The highest BCUT2D eigenvalue weighted by Crippen LogP contribution is 2.42. The lowest BCUT2D eigenvalue weighted by Crippen LogP contribution is -2.54. The number of likely N-dealkylation sites (N-methyl/N-ethyl adjacent to an activating group) is 1. The molecule has 0 radical (unpaired) electrons. The minimum absolute atomic E-state index is 0.00380. The predicted octanol–water partition coefficient (Wildman–Crippen LogP) is 1.54. The van der Waals surface area contributed by atoms with Crippen molar-refractivity contribution in [1.82, 2.24) is 4.31 Å². The van der Waals surface area contributed by atoms with Crippen molar-refractivity contribution in [1.29, 1.82) is 0 Å². The van der Waals surface area contributed by atoms with Gasteiger partial charge in [-0.15, -0.1) is 0 Å². The molecule has 0 saturated heterocycles. The molecule has 0 amide bonds. The summed E-state index contributed by atoms with van der Waals surface area (Å²) in [6.45, 7) is 5.11. The second-order valence-corrected chi connectivity index (χ2v) is 7.87. The van der Waals surface area contributed by atoms with Crippen molar-refractivity contribution in [2.45, 2.75) is 38.5 Å². The number of hydrogen-bond acceptors (Lipinski definition) is 4. The molecule has 0 saturated carbocycles. The van der Waals surface area contributed by atoms with Gasteiger partial charge in [0, 0.05) is 12.6 Å². The van der Waals surface area contributed by atoms with Gasteiger partial charge in [0.25, 0.3) is 0 Å². The molecule has 5 nitrogen and oxygen atoms in total. The fraction of sp³-hybridized carbons (Fsp3) is 0.571. The first-order chi connectivity index (χ1) is 9.20. The molecule has 20 heavy (non-hydrogen) atoms. The van der Waals surface area contributed by atoms with E-state index in [2.05, 4.69) is 0 Å². The van der Waals surface area contributed by atoms with Gasteiger partial charge in [0.15, 0.2) is 0 Å². The monoisotopic (exact) mass is 299 g/mol. The van der Waals surface area contributed by atoms with Crippen LogP contribution in [0.4, 0.5) is 0 Å². The summed E-state index contributed by atoms with van der Waals surface area (Å²) in [5, 5.41) is 10.5. The first-order valence-electron chi connectivity index (χ1n) is 6.62. The van der Waals surface area contributed by atoms with Crippen LogP contribution < -0.4 is 4.74 Å². The van der Waals surface area contributed by atoms with E-state index in [0.717, 1.165) is 0 Å². The Morgan fingerprint density at radius 2 is 1.95 bits per heavy atom. The minimum atomic E-state index is -3.41. The van der Waals surface area contributed by atoms with Crippen LogP contribution in [0.25, 0.3) is 0 Å². The number of hydrogen-bond donors (Lipinski definition) is 1. The van der Waals surface area contributed by atoms with Crippen LogP contribution in [0.1, 0.15) is 32.4 Å². The zero-order valence-electron chi connectivity index (χ0n) is 12.2. The maximum absolute atomic E-state index is 12.1. The molecule has 1 N–H and O–H groups in total. The van der Waals surface area contributed by atoms with Crippen LogP contribution >= 0.6 is 0 Å². The van der Waals surface area contributed by atoms with Crippen molar-refractivity contribution in [3.63, 3.8) is 0 Å². The number of rotatable bonds is 3. The van der Waals surface area contributed by atoms with E-state index >= 15 is 0 Å². The lowest BCUT2D eigenvalue weighted by Gasteiger charge is -2.44. The molecule has 6 heteroatoms. The van der Waals surface area contributed by atoms with E-state index in [1.54, 1.807) is 32.9 Å². The van der Waals surface area contributed by atoms with Gasteiger partial charge in [0.05, 0.1) is 11.8 Å². The maximum atomic E-state index is 12.1. The lowest BCUT2D eigenvalue weighted by atomic mass is 9.87. The zero-order valence-corrected chi connectivity index (χ0v) is 13.0. The molecule has 1 heterocycles. The van der Waals surface area contributed by atoms with E-state index in [-0.39, 0.29) is 5.75 Å². The van der Waals surface area contributed by atoms with E-state index in [9.17, 15) is 13.5 Å². The number of nitrogens with zero attached hydrogens (tertiary/aromatic N) is 1. The van der Waals surface area contributed by atoms with E-state index in [0.29, 0.717) is 11.3 Å². The SMILES string of the molecule is CCS(=O)(=O)N(C)[C@H]1c2ccccc2OC(C)(C)[C@@H]1O. The number of fused-ring (bicyclic) bond motifs is 1. The number of aliphatic hydroxyl groups is 1. The molecule has 1 aliphatic rings. The van der Waals surface area contributed by atoms with Crippen molar-refractivity contribution in [3.05, 3.63) is 29.8 Å². The third kappa shape index (κ3) is 2.43. The van der Waals surface area contributed by atoms with Crippen LogP contribution in [0.2, 0.25) is 0 Å². The number of benzene rings is 1. The Morgan fingerprint density at radius 3 is 2.55 bits per heavy atom. The zero-order chi connectivity index (χ0) is 15.1. The van der Waals surface area contributed by atoms with E-state index in [4.69, 9.17) is 4.74 Å². The van der Waals surface area contributed by atoms with Crippen molar-refractivity contribution in [2.75, 3.05) is 12.8 Å². The first kappa shape index (κ1) is 15.3. The first-order valence-corrected chi connectivity index (χ1v) is 8.23. The molecule has 0 aromatic heterocycles. The van der Waals surface area contributed by atoms with Crippen LogP contribution in [-0.4, -0.2) is 42.3 Å². The summed E-state index contributed by atoms with van der Waals surface area (Å²) in [5.74, 6) is 0.613. The van der Waals surface area contributed by atoms with Gasteiger partial charge in [-0.3, -0.25) is 0 Å². The quantitative estimate of drug-likeness (QED) is 0.919. The Kier molecular flexibility index (Phi) is 3.83. The summed E-state index contributed by atoms with van der Waals surface area (Å²) in [7, 11) is -1.90. The van der Waals surface area contributed by atoms with Crippen LogP contribution in [0.5, 0.6) is 5.75 Å². The highest BCUT2D eigenvalue weighted by atomic mass is 32.2. The van der Waals surface area contributed by atoms with E-state index in [1.807, 2.05) is 12.1 Å². The minimum Gasteiger partial charge on any atom is -0.485 e. The Balaban J connectivity index is 2.55. The summed E-state index contributed by atoms with van der Waals surface area (Å²) in [4.78, 5) is 0. The molecule has 0 fully saturated rings. The van der Waals surface area contributed by atoms with E-state index < -0.39 is 27.8 Å². The molecule has 0 aliphatic carbocycles. The largest absolute Gasteiger partial charge is 0.485 e. The Bertz CT molecular complexity index is 597. The van der Waals surface area contributed by atoms with Crippen LogP contribution in [-0.2, 0) is 10.0 Å². The summed E-state index contributed by atoms with van der Waals surface area (Å²) < 4.78 is 31.3. The summed E-state index contributed by atoms with van der Waals surface area (Å²) in [5.41, 5.74) is -0.157. The van der Waals surface area contributed by atoms with Gasteiger partial charge < -0.3 is 9.84 Å². The average Bonchev–Trinajstić information content (AvgIpc) is 2.39. The molecular weight excluding hydrogens is 278 g/mol. The van der Waals surface area contributed by atoms with Crippen LogP contribution in [0.3, 0.4) is 0 Å². The maximum Gasteiger partial charge on any atom is 0.214 e. The van der Waals surface area contributed by atoms with Crippen LogP contribution in [0, 0.1) is 0 Å². The molecule has 112 valence electrons. The summed E-state index contributed by atoms with van der Waals surface area (Å²) in [6.07, 6.45) is -0.941. The second kappa shape index (κ2) is 5.02. The molecule has 0 spiro atoms. The van der Waals surface area contributed by atoms with Gasteiger partial charge in [-0.2, -0.15) is 4.31 Å². The highest BCUT2D eigenvalue weighted by molar-refractivity contribution is 7.89. The molecule has 0 unspecified atom stereocenters. The highest BCUT2D eigenvalue weighted by Gasteiger charge is 2.46. The molecule has 1 aromatic carbocycles. The lowest BCUT2D eigenvalue weighted by molar-refractivity contribution is -0.0763. The third-order valence-corrected chi connectivity index (χ3v) is 5.65. The standard InChI is InChI=1S/C14H21NO4S/c1-5-20(17,18)15(4)12-10-8-6-7-9-11(10)19-14(2,3)13(12)16/h6-9,12-13,16H,5H2,1-4H3/t12-,13+/m0/s1. The summed E-state index contributed by atoms with van der Waals surface area (Å²) >= 11 is 0. The van der Waals surface area contributed by atoms with Gasteiger partial charge in [0.1, 0.15) is 17.5 Å². The van der Waals surface area contributed by atoms with Gasteiger partial charge >= 0.3 is 0 Å². The van der Waals surface area contributed by atoms with Gasteiger partial charge in [-0.25, -0.2) is 8.42 Å². The topological polar surface area (TPSA) is 66.8 Å². The second-order valence-electron chi connectivity index (χ2n) is 5.55. The fourth-order valence-corrected chi connectivity index (χ4v) is 3.47. The van der Waals surface area contributed by atoms with E-state index in [1.165, 1.54) is 11.4 Å². The molecular formula is C14H21NO4S. The number of para-hydroxylation sites is 1. The Labute approximate surface area is 120 Å². The summed E-state index contributed by atoms with van der Waals surface area (Å²) in [6, 6.07) is 6.59.